The van der Waals surface area contributed by atoms with Crippen molar-refractivity contribution in [2.75, 3.05) is 33.4 Å². The highest BCUT2D eigenvalue weighted by atomic mass is 19.1. The third-order valence-corrected chi connectivity index (χ3v) is 6.37. The molecule has 2 aromatic carbocycles. The second-order valence-corrected chi connectivity index (χ2v) is 8.74. The standard InChI is InChI=1S/C26H27FN4O4/c1-35-22-7-6-15(10-17(22)27)11-19-26-24(16-4-2-3-5-18(16)30-26)25-20(29-19)12-31(13-21(25)33)14-23(34)28-8-9-32/h2-7,10,21,30,32-33H,8-9,11-14H2,1H3,(H,28,34). The predicted octanol–water partition coefficient (Wildman–Crippen LogP) is 2.41. The summed E-state index contributed by atoms with van der Waals surface area (Å²) in [5, 5.41) is 24.6. The molecule has 1 amide bonds. The highest BCUT2D eigenvalue weighted by Crippen LogP contribution is 2.38. The number of amides is 1. The molecule has 9 heteroatoms. The number of aromatic amines is 1. The summed E-state index contributed by atoms with van der Waals surface area (Å²) in [4.78, 5) is 22.4. The lowest BCUT2D eigenvalue weighted by molar-refractivity contribution is -0.123. The maximum atomic E-state index is 14.4. The number of para-hydroxylation sites is 1. The van der Waals surface area contributed by atoms with Crippen LogP contribution in [0.3, 0.4) is 0 Å². The molecule has 35 heavy (non-hydrogen) atoms. The van der Waals surface area contributed by atoms with Gasteiger partial charge < -0.3 is 25.3 Å². The molecule has 0 radical (unpaired) electrons. The molecule has 0 spiro atoms. The van der Waals surface area contributed by atoms with Crippen molar-refractivity contribution in [2.24, 2.45) is 0 Å². The zero-order valence-corrected chi connectivity index (χ0v) is 19.3. The average molecular weight is 479 g/mol. The summed E-state index contributed by atoms with van der Waals surface area (Å²) in [7, 11) is 1.43. The van der Waals surface area contributed by atoms with Gasteiger partial charge in [-0.05, 0) is 23.8 Å². The van der Waals surface area contributed by atoms with Gasteiger partial charge in [-0.3, -0.25) is 14.7 Å². The Morgan fingerprint density at radius 3 is 2.91 bits per heavy atom. The minimum Gasteiger partial charge on any atom is -0.494 e. The zero-order valence-electron chi connectivity index (χ0n) is 19.3. The van der Waals surface area contributed by atoms with Crippen molar-refractivity contribution in [1.29, 1.82) is 0 Å². The first-order valence-corrected chi connectivity index (χ1v) is 11.5. The van der Waals surface area contributed by atoms with Gasteiger partial charge in [0.25, 0.3) is 0 Å². The number of β-amino-alcohol motifs (C(OH)–C–C–N with tert-alkyl or cyclic N) is 1. The molecule has 0 bridgehead atoms. The first-order valence-electron chi connectivity index (χ1n) is 11.5. The van der Waals surface area contributed by atoms with Gasteiger partial charge in [0, 0.05) is 47.9 Å². The number of aliphatic hydroxyl groups is 2. The van der Waals surface area contributed by atoms with Crippen molar-refractivity contribution in [3.05, 3.63) is 70.8 Å². The Bertz CT molecular complexity index is 1400. The zero-order chi connectivity index (χ0) is 24.5. The molecule has 182 valence electrons. The summed E-state index contributed by atoms with van der Waals surface area (Å²) in [6.45, 7) is 0.815. The summed E-state index contributed by atoms with van der Waals surface area (Å²) in [6, 6.07) is 12.7. The van der Waals surface area contributed by atoms with E-state index < -0.39 is 11.9 Å². The van der Waals surface area contributed by atoms with Crippen molar-refractivity contribution in [2.45, 2.75) is 19.1 Å². The van der Waals surface area contributed by atoms with E-state index in [4.69, 9.17) is 14.8 Å². The summed E-state index contributed by atoms with van der Waals surface area (Å²) in [5.74, 6) is -0.482. The average Bonchev–Trinajstić information content (AvgIpc) is 3.22. The number of aromatic nitrogens is 2. The predicted molar refractivity (Wildman–Crippen MR) is 130 cm³/mol. The van der Waals surface area contributed by atoms with Gasteiger partial charge in [0.05, 0.1) is 43.3 Å². The molecule has 0 fully saturated rings. The Morgan fingerprint density at radius 1 is 1.31 bits per heavy atom. The number of carbonyl (C=O) groups is 1. The normalized spacial score (nSPS) is 15.9. The van der Waals surface area contributed by atoms with Crippen molar-refractivity contribution in [3.63, 3.8) is 0 Å². The molecular formula is C26H27FN4O4. The van der Waals surface area contributed by atoms with E-state index in [9.17, 15) is 14.3 Å². The highest BCUT2D eigenvalue weighted by molar-refractivity contribution is 6.10. The van der Waals surface area contributed by atoms with E-state index in [1.165, 1.54) is 13.2 Å². The van der Waals surface area contributed by atoms with Crippen LogP contribution in [-0.2, 0) is 17.8 Å². The Kier molecular flexibility index (Phi) is 6.38. The highest BCUT2D eigenvalue weighted by Gasteiger charge is 2.30. The van der Waals surface area contributed by atoms with Crippen LogP contribution >= 0.6 is 0 Å². The number of hydrogen-bond donors (Lipinski definition) is 4. The van der Waals surface area contributed by atoms with Gasteiger partial charge in [0.15, 0.2) is 11.6 Å². The quantitative estimate of drug-likeness (QED) is 0.325. The molecule has 8 nitrogen and oxygen atoms in total. The molecule has 1 atom stereocenters. The molecule has 1 unspecified atom stereocenters. The lowest BCUT2D eigenvalue weighted by Crippen LogP contribution is -2.42. The molecule has 4 N–H and O–H groups in total. The van der Waals surface area contributed by atoms with Crippen LogP contribution in [-0.4, -0.2) is 64.3 Å². The van der Waals surface area contributed by atoms with Crippen LogP contribution in [0.1, 0.15) is 28.6 Å². The molecular weight excluding hydrogens is 451 g/mol. The maximum Gasteiger partial charge on any atom is 0.234 e. The number of aliphatic hydroxyl groups excluding tert-OH is 2. The number of pyridine rings is 1. The maximum absolute atomic E-state index is 14.4. The van der Waals surface area contributed by atoms with E-state index in [2.05, 4.69) is 10.3 Å². The lowest BCUT2D eigenvalue weighted by Gasteiger charge is -2.32. The van der Waals surface area contributed by atoms with Gasteiger partial charge in [0.2, 0.25) is 5.91 Å². The third-order valence-electron chi connectivity index (χ3n) is 6.37. The number of H-pyrrole nitrogens is 1. The van der Waals surface area contributed by atoms with Crippen LogP contribution in [0.5, 0.6) is 5.75 Å². The molecule has 1 aliphatic rings. The van der Waals surface area contributed by atoms with E-state index in [-0.39, 0.29) is 31.4 Å². The van der Waals surface area contributed by atoms with Crippen molar-refractivity contribution in [3.8, 4) is 5.75 Å². The van der Waals surface area contributed by atoms with Gasteiger partial charge in [-0.15, -0.1) is 0 Å². The molecule has 0 aliphatic carbocycles. The Hall–Kier alpha value is -3.53. The fraction of sp³-hybridized carbons (Fsp3) is 0.308. The summed E-state index contributed by atoms with van der Waals surface area (Å²) >= 11 is 0. The summed E-state index contributed by atoms with van der Waals surface area (Å²) < 4.78 is 19.4. The van der Waals surface area contributed by atoms with E-state index in [0.29, 0.717) is 25.2 Å². The number of fused-ring (bicyclic) bond motifs is 5. The Balaban J connectivity index is 1.59. The Labute approximate surface area is 201 Å². The largest absolute Gasteiger partial charge is 0.494 e. The number of methoxy groups -OCH3 is 1. The van der Waals surface area contributed by atoms with Gasteiger partial charge in [-0.25, -0.2) is 4.39 Å². The van der Waals surface area contributed by atoms with Crippen LogP contribution in [0.2, 0.25) is 0 Å². The fourth-order valence-corrected chi connectivity index (χ4v) is 4.87. The number of hydrogen-bond acceptors (Lipinski definition) is 6. The molecule has 0 saturated carbocycles. The van der Waals surface area contributed by atoms with E-state index >= 15 is 0 Å². The molecule has 5 rings (SSSR count). The van der Waals surface area contributed by atoms with Crippen molar-refractivity contribution in [1.82, 2.24) is 20.2 Å². The van der Waals surface area contributed by atoms with Crippen LogP contribution in [0, 0.1) is 5.82 Å². The smallest absolute Gasteiger partial charge is 0.234 e. The first-order chi connectivity index (χ1) is 17.0. The number of carbonyl (C=O) groups excluding carboxylic acids is 1. The second-order valence-electron chi connectivity index (χ2n) is 8.74. The number of ether oxygens (including phenoxy) is 1. The van der Waals surface area contributed by atoms with Crippen LogP contribution in [0.4, 0.5) is 4.39 Å². The molecule has 3 heterocycles. The van der Waals surface area contributed by atoms with Crippen LogP contribution in [0.15, 0.2) is 42.5 Å². The molecule has 0 saturated heterocycles. The van der Waals surface area contributed by atoms with Crippen molar-refractivity contribution < 1.29 is 24.1 Å². The number of nitrogens with one attached hydrogen (secondary N) is 2. The fourth-order valence-electron chi connectivity index (χ4n) is 4.87. The molecule has 4 aromatic rings. The van der Waals surface area contributed by atoms with Crippen molar-refractivity contribution >= 4 is 27.7 Å². The molecule has 1 aliphatic heterocycles. The van der Waals surface area contributed by atoms with Gasteiger partial charge in [0.1, 0.15) is 0 Å². The van der Waals surface area contributed by atoms with Gasteiger partial charge >= 0.3 is 0 Å². The van der Waals surface area contributed by atoms with E-state index in [1.807, 2.05) is 35.2 Å². The van der Waals surface area contributed by atoms with E-state index in [1.54, 1.807) is 6.07 Å². The first kappa shape index (κ1) is 23.2. The Morgan fingerprint density at radius 2 is 2.14 bits per heavy atom. The second kappa shape index (κ2) is 9.61. The van der Waals surface area contributed by atoms with Gasteiger partial charge in [-0.2, -0.15) is 0 Å². The van der Waals surface area contributed by atoms with Crippen LogP contribution < -0.4 is 10.1 Å². The monoisotopic (exact) mass is 478 g/mol. The molecule has 2 aromatic heterocycles. The number of nitrogens with zero attached hydrogens (tertiary/aromatic N) is 2. The number of rotatable bonds is 7. The number of benzene rings is 2. The third kappa shape index (κ3) is 4.45. The topological polar surface area (TPSA) is 111 Å². The minimum atomic E-state index is -0.828. The van der Waals surface area contributed by atoms with Crippen LogP contribution in [0.25, 0.3) is 21.8 Å². The lowest BCUT2D eigenvalue weighted by atomic mass is 9.94. The summed E-state index contributed by atoms with van der Waals surface area (Å²) in [5.41, 5.74) is 4.67. The van der Waals surface area contributed by atoms with E-state index in [0.717, 1.165) is 38.6 Å². The van der Waals surface area contributed by atoms with Gasteiger partial charge in [-0.1, -0.05) is 24.3 Å². The SMILES string of the molecule is COc1ccc(Cc2nc3c(c4c2[nH]c2ccccc24)C(O)CN(CC(=O)NCCO)C3)cc1F. The number of halogens is 1. The minimum absolute atomic E-state index is 0.0864. The summed E-state index contributed by atoms with van der Waals surface area (Å²) in [6.07, 6.45) is -0.448.